The van der Waals surface area contributed by atoms with Crippen molar-refractivity contribution in [2.24, 2.45) is 0 Å². The van der Waals surface area contributed by atoms with Gasteiger partial charge in [-0.15, -0.1) is 0 Å². The lowest BCUT2D eigenvalue weighted by Gasteiger charge is -2.03. The van der Waals surface area contributed by atoms with Crippen molar-refractivity contribution in [1.29, 1.82) is 0 Å². The van der Waals surface area contributed by atoms with Gasteiger partial charge in [-0.2, -0.15) is 0 Å². The highest BCUT2D eigenvalue weighted by Crippen LogP contribution is 2.08. The first-order valence-corrected chi connectivity index (χ1v) is 6.93. The molecule has 0 saturated heterocycles. The SMILES string of the molecule is CCCCCCCCCO[CH]c1ccccc1. The summed E-state index contributed by atoms with van der Waals surface area (Å²) in [6.45, 7) is 4.97. The molecule has 0 aliphatic carbocycles. The van der Waals surface area contributed by atoms with Crippen molar-refractivity contribution in [1.82, 2.24) is 0 Å². The molecule has 1 aromatic rings. The summed E-state index contributed by atoms with van der Waals surface area (Å²) in [7, 11) is 0. The molecule has 0 spiro atoms. The predicted molar refractivity (Wildman–Crippen MR) is 73.8 cm³/mol. The summed E-state index contributed by atoms with van der Waals surface area (Å²) in [6, 6.07) is 10.2. The smallest absolute Gasteiger partial charge is 0.113 e. The molecular weight excluding hydrogens is 208 g/mol. The predicted octanol–water partition coefficient (Wildman–Crippen LogP) is 4.96. The molecule has 0 bridgehead atoms. The van der Waals surface area contributed by atoms with Gasteiger partial charge >= 0.3 is 0 Å². The molecule has 0 unspecified atom stereocenters. The molecule has 0 N–H and O–H groups in total. The van der Waals surface area contributed by atoms with Gasteiger partial charge in [-0.25, -0.2) is 0 Å². The van der Waals surface area contributed by atoms with Crippen LogP contribution in [0.4, 0.5) is 0 Å². The van der Waals surface area contributed by atoms with Crippen LogP contribution >= 0.6 is 0 Å². The van der Waals surface area contributed by atoms with E-state index in [2.05, 4.69) is 19.1 Å². The molecule has 0 aliphatic heterocycles. The van der Waals surface area contributed by atoms with E-state index in [0.29, 0.717) is 0 Å². The Morgan fingerprint density at radius 2 is 1.53 bits per heavy atom. The van der Waals surface area contributed by atoms with Gasteiger partial charge in [0.15, 0.2) is 0 Å². The standard InChI is InChI=1S/C16H25O/c1-2-3-4-5-6-7-11-14-17-15-16-12-9-8-10-13-16/h8-10,12-13,15H,2-7,11,14H2,1H3. The zero-order valence-corrected chi connectivity index (χ0v) is 11.0. The van der Waals surface area contributed by atoms with E-state index >= 15 is 0 Å². The Morgan fingerprint density at radius 1 is 0.882 bits per heavy atom. The molecule has 1 rings (SSSR count). The molecule has 95 valence electrons. The topological polar surface area (TPSA) is 9.23 Å². The molecule has 0 heterocycles. The van der Waals surface area contributed by atoms with E-state index < -0.39 is 0 Å². The van der Waals surface area contributed by atoms with Crippen molar-refractivity contribution in [2.45, 2.75) is 51.9 Å². The van der Waals surface area contributed by atoms with Crippen molar-refractivity contribution in [2.75, 3.05) is 6.61 Å². The fraction of sp³-hybridized carbons (Fsp3) is 0.562. The largest absolute Gasteiger partial charge is 0.370 e. The van der Waals surface area contributed by atoms with Gasteiger partial charge in [0.1, 0.15) is 6.61 Å². The Bertz CT molecular complexity index is 255. The second-order valence-electron chi connectivity index (χ2n) is 4.52. The van der Waals surface area contributed by atoms with Crippen molar-refractivity contribution in [3.63, 3.8) is 0 Å². The molecule has 0 amide bonds. The number of unbranched alkanes of at least 4 members (excludes halogenated alkanes) is 6. The maximum Gasteiger partial charge on any atom is 0.113 e. The Kier molecular flexibility index (Phi) is 8.66. The van der Waals surface area contributed by atoms with Gasteiger partial charge in [0.25, 0.3) is 0 Å². The average molecular weight is 233 g/mol. The van der Waals surface area contributed by atoms with E-state index in [0.717, 1.165) is 12.2 Å². The molecule has 0 saturated carbocycles. The number of benzene rings is 1. The molecule has 0 aromatic heterocycles. The number of rotatable bonds is 10. The summed E-state index contributed by atoms with van der Waals surface area (Å²) < 4.78 is 5.52. The van der Waals surface area contributed by atoms with Gasteiger partial charge in [0, 0.05) is 6.61 Å². The highest BCUT2D eigenvalue weighted by Gasteiger charge is 1.94. The minimum Gasteiger partial charge on any atom is -0.370 e. The van der Waals surface area contributed by atoms with E-state index in [9.17, 15) is 0 Å². The van der Waals surface area contributed by atoms with Gasteiger partial charge in [0.05, 0.1) is 0 Å². The first-order valence-electron chi connectivity index (χ1n) is 6.93. The Hall–Kier alpha value is -0.820. The highest BCUT2D eigenvalue weighted by molar-refractivity contribution is 5.19. The quantitative estimate of drug-likeness (QED) is 0.519. The van der Waals surface area contributed by atoms with Gasteiger partial charge in [-0.3, -0.25) is 0 Å². The van der Waals surface area contributed by atoms with Crippen LogP contribution in [0, 0.1) is 6.61 Å². The molecule has 1 radical (unpaired) electrons. The number of hydrogen-bond donors (Lipinski definition) is 0. The first-order chi connectivity index (χ1) is 8.43. The molecule has 0 fully saturated rings. The molecule has 17 heavy (non-hydrogen) atoms. The maximum absolute atomic E-state index is 5.52. The fourth-order valence-corrected chi connectivity index (χ4v) is 1.83. The van der Waals surface area contributed by atoms with Crippen LogP contribution in [0.5, 0.6) is 0 Å². The summed E-state index contributed by atoms with van der Waals surface area (Å²) in [4.78, 5) is 0. The van der Waals surface area contributed by atoms with Crippen LogP contribution in [-0.2, 0) is 4.74 Å². The number of ether oxygens (including phenoxy) is 1. The zero-order valence-electron chi connectivity index (χ0n) is 11.0. The lowest BCUT2D eigenvalue weighted by Crippen LogP contribution is -1.93. The van der Waals surface area contributed by atoms with E-state index in [1.165, 1.54) is 44.9 Å². The summed E-state index contributed by atoms with van der Waals surface area (Å²) in [5.41, 5.74) is 1.15. The van der Waals surface area contributed by atoms with Gasteiger partial charge in [0.2, 0.25) is 0 Å². The zero-order chi connectivity index (χ0) is 12.2. The summed E-state index contributed by atoms with van der Waals surface area (Å²) in [6.07, 6.45) is 9.33. The van der Waals surface area contributed by atoms with Crippen molar-refractivity contribution >= 4 is 0 Å². The minimum absolute atomic E-state index is 0.850. The molecule has 0 aliphatic rings. The normalized spacial score (nSPS) is 10.6. The third-order valence-electron chi connectivity index (χ3n) is 2.88. The monoisotopic (exact) mass is 233 g/mol. The van der Waals surface area contributed by atoms with E-state index in [-0.39, 0.29) is 0 Å². The van der Waals surface area contributed by atoms with Crippen LogP contribution in [0.2, 0.25) is 0 Å². The van der Waals surface area contributed by atoms with Gasteiger partial charge in [-0.05, 0) is 12.0 Å². The van der Waals surface area contributed by atoms with Crippen LogP contribution in [-0.4, -0.2) is 6.61 Å². The number of hydrogen-bond acceptors (Lipinski definition) is 1. The summed E-state index contributed by atoms with van der Waals surface area (Å²) in [5, 5.41) is 0. The van der Waals surface area contributed by atoms with E-state index in [1.807, 2.05) is 24.8 Å². The van der Waals surface area contributed by atoms with Crippen LogP contribution in [0.25, 0.3) is 0 Å². The Morgan fingerprint density at radius 3 is 2.24 bits per heavy atom. The molecule has 1 heteroatoms. The molecule has 1 nitrogen and oxygen atoms in total. The first kappa shape index (κ1) is 14.2. The van der Waals surface area contributed by atoms with Crippen LogP contribution < -0.4 is 0 Å². The maximum atomic E-state index is 5.52. The van der Waals surface area contributed by atoms with E-state index in [4.69, 9.17) is 4.74 Å². The summed E-state index contributed by atoms with van der Waals surface area (Å²) in [5.74, 6) is 0. The highest BCUT2D eigenvalue weighted by atomic mass is 16.5. The lowest BCUT2D eigenvalue weighted by molar-refractivity contribution is 0.205. The average Bonchev–Trinajstić information content (AvgIpc) is 2.38. The Balaban J connectivity index is 1.85. The van der Waals surface area contributed by atoms with Crippen LogP contribution in [0.1, 0.15) is 57.4 Å². The minimum atomic E-state index is 0.850. The van der Waals surface area contributed by atoms with Gasteiger partial charge in [-0.1, -0.05) is 75.8 Å². The van der Waals surface area contributed by atoms with Crippen LogP contribution in [0.15, 0.2) is 30.3 Å². The second kappa shape index (κ2) is 10.3. The van der Waals surface area contributed by atoms with E-state index in [1.54, 1.807) is 0 Å². The lowest BCUT2D eigenvalue weighted by atomic mass is 10.1. The van der Waals surface area contributed by atoms with Crippen molar-refractivity contribution < 1.29 is 4.74 Å². The molecular formula is C16H25O. The van der Waals surface area contributed by atoms with Crippen molar-refractivity contribution in [3.8, 4) is 0 Å². The third-order valence-corrected chi connectivity index (χ3v) is 2.88. The van der Waals surface area contributed by atoms with Crippen molar-refractivity contribution in [3.05, 3.63) is 42.5 Å². The summed E-state index contributed by atoms with van der Waals surface area (Å²) >= 11 is 0. The molecule has 0 atom stereocenters. The van der Waals surface area contributed by atoms with Gasteiger partial charge < -0.3 is 4.74 Å². The third kappa shape index (κ3) is 7.98. The Labute approximate surface area is 106 Å². The fourth-order valence-electron chi connectivity index (χ4n) is 1.83. The molecule has 1 aromatic carbocycles. The second-order valence-corrected chi connectivity index (χ2v) is 4.52. The van der Waals surface area contributed by atoms with Crippen LogP contribution in [0.3, 0.4) is 0 Å².